The molecule has 0 aliphatic heterocycles. The maximum Gasteiger partial charge on any atom is 0.435 e. The van der Waals surface area contributed by atoms with Gasteiger partial charge in [-0.3, -0.25) is 0 Å². The van der Waals surface area contributed by atoms with Gasteiger partial charge in [-0.05, 0) is 12.1 Å². The minimum Gasteiger partial charge on any atom is -0.240 e. The smallest absolute Gasteiger partial charge is 0.240 e. The molecule has 2 nitrogen and oxygen atoms in total. The van der Waals surface area contributed by atoms with Gasteiger partial charge in [0.1, 0.15) is 0 Å². The summed E-state index contributed by atoms with van der Waals surface area (Å²) in [6, 6.07) is 10.4. The Morgan fingerprint density at radius 3 is 2.53 bits per heavy atom. The van der Waals surface area contributed by atoms with Crippen LogP contribution in [0.25, 0.3) is 5.69 Å². The van der Waals surface area contributed by atoms with Crippen molar-refractivity contribution in [3.8, 4) is 5.69 Å². The average molecular weight is 211 g/mol. The number of hydrogen-bond acceptors (Lipinski definition) is 1. The monoisotopic (exact) mass is 211 g/mol. The second-order valence-corrected chi connectivity index (χ2v) is 2.89. The van der Waals surface area contributed by atoms with Gasteiger partial charge >= 0.3 is 6.18 Å². The molecule has 0 spiro atoms. The van der Waals surface area contributed by atoms with Crippen molar-refractivity contribution in [3.63, 3.8) is 0 Å². The van der Waals surface area contributed by atoms with Gasteiger partial charge in [0.15, 0.2) is 5.69 Å². The molecule has 77 valence electrons. The first-order chi connectivity index (χ1) is 7.07. The lowest BCUT2D eigenvalue weighted by atomic mass is 10.3. The van der Waals surface area contributed by atoms with E-state index in [2.05, 4.69) is 11.2 Å². The Labute approximate surface area is 84.0 Å². The van der Waals surface area contributed by atoms with Gasteiger partial charge in [0.25, 0.3) is 0 Å². The van der Waals surface area contributed by atoms with E-state index < -0.39 is 11.9 Å². The third-order valence-corrected chi connectivity index (χ3v) is 1.82. The number of hydrogen-bond donors (Lipinski definition) is 0. The van der Waals surface area contributed by atoms with E-state index >= 15 is 0 Å². The minimum absolute atomic E-state index is 0.480. The molecule has 0 atom stereocenters. The second kappa shape index (κ2) is 3.42. The Morgan fingerprint density at radius 1 is 1.20 bits per heavy atom. The van der Waals surface area contributed by atoms with E-state index in [1.54, 1.807) is 24.3 Å². The molecule has 0 N–H and O–H groups in total. The first kappa shape index (κ1) is 9.76. The van der Waals surface area contributed by atoms with E-state index in [4.69, 9.17) is 0 Å². The molecule has 0 amide bonds. The summed E-state index contributed by atoms with van der Waals surface area (Å²) in [6.07, 6.45) is -3.14. The molecule has 0 unspecified atom stereocenters. The van der Waals surface area contributed by atoms with Crippen LogP contribution in [0, 0.1) is 6.07 Å². The van der Waals surface area contributed by atoms with Crippen LogP contribution in [0.2, 0.25) is 0 Å². The van der Waals surface area contributed by atoms with Gasteiger partial charge in [0.05, 0.1) is 5.69 Å². The molecule has 0 saturated carbocycles. The predicted octanol–water partition coefficient (Wildman–Crippen LogP) is 2.69. The fourth-order valence-corrected chi connectivity index (χ4v) is 1.14. The van der Waals surface area contributed by atoms with Gasteiger partial charge in [0, 0.05) is 12.3 Å². The molecule has 1 heterocycles. The Hall–Kier alpha value is -1.78. The summed E-state index contributed by atoms with van der Waals surface area (Å²) in [5.74, 6) is 0. The number of halogens is 3. The van der Waals surface area contributed by atoms with Crippen LogP contribution >= 0.6 is 0 Å². The highest BCUT2D eigenvalue weighted by Crippen LogP contribution is 2.27. The topological polar surface area (TPSA) is 17.8 Å². The lowest BCUT2D eigenvalue weighted by Crippen LogP contribution is -2.07. The summed E-state index contributed by atoms with van der Waals surface area (Å²) >= 11 is 0. The molecule has 0 aliphatic carbocycles. The lowest BCUT2D eigenvalue weighted by molar-refractivity contribution is -0.141. The van der Waals surface area contributed by atoms with Crippen molar-refractivity contribution < 1.29 is 13.2 Å². The highest BCUT2D eigenvalue weighted by Gasteiger charge is 2.33. The average Bonchev–Trinajstić information content (AvgIpc) is 2.67. The Bertz CT molecular complexity index is 445. The maximum atomic E-state index is 12.2. The van der Waals surface area contributed by atoms with Gasteiger partial charge < -0.3 is 0 Å². The van der Waals surface area contributed by atoms with Crippen molar-refractivity contribution in [3.05, 3.63) is 48.3 Å². The van der Waals surface area contributed by atoms with Crippen LogP contribution in [-0.2, 0) is 6.18 Å². The molecule has 1 radical (unpaired) electrons. The summed E-state index contributed by atoms with van der Waals surface area (Å²) in [5.41, 5.74) is -0.423. The normalized spacial score (nSPS) is 11.7. The molecule has 5 heteroatoms. The number of aromatic nitrogens is 2. The third-order valence-electron chi connectivity index (χ3n) is 1.82. The molecular formula is C10H6F3N2. The zero-order valence-corrected chi connectivity index (χ0v) is 7.49. The van der Waals surface area contributed by atoms with Crippen molar-refractivity contribution in [2.24, 2.45) is 0 Å². The fraction of sp³-hybridized carbons (Fsp3) is 0.100. The van der Waals surface area contributed by atoms with Crippen molar-refractivity contribution in [2.45, 2.75) is 6.18 Å². The zero-order valence-electron chi connectivity index (χ0n) is 7.49. The van der Waals surface area contributed by atoms with Gasteiger partial charge in [-0.15, -0.1) is 0 Å². The van der Waals surface area contributed by atoms with Crippen LogP contribution in [0.3, 0.4) is 0 Å². The van der Waals surface area contributed by atoms with Crippen LogP contribution in [0.5, 0.6) is 0 Å². The Kier molecular flexibility index (Phi) is 2.22. The number of alkyl halides is 3. The molecular weight excluding hydrogens is 205 g/mol. The molecule has 15 heavy (non-hydrogen) atoms. The molecule has 1 aromatic heterocycles. The summed E-state index contributed by atoms with van der Waals surface area (Å²) in [6.45, 7) is 0. The molecule has 0 aliphatic rings. The first-order valence-corrected chi connectivity index (χ1v) is 4.17. The van der Waals surface area contributed by atoms with Crippen LogP contribution in [-0.4, -0.2) is 9.78 Å². The van der Waals surface area contributed by atoms with Crippen molar-refractivity contribution in [2.75, 3.05) is 0 Å². The fourth-order valence-electron chi connectivity index (χ4n) is 1.14. The van der Waals surface area contributed by atoms with E-state index in [1.165, 1.54) is 6.20 Å². The molecule has 0 fully saturated rings. The van der Waals surface area contributed by atoms with Crippen LogP contribution in [0.1, 0.15) is 5.69 Å². The summed E-state index contributed by atoms with van der Waals surface area (Å²) in [4.78, 5) is 0. The number of nitrogens with zero attached hydrogens (tertiary/aromatic N) is 2. The summed E-state index contributed by atoms with van der Waals surface area (Å²) < 4.78 is 37.8. The quantitative estimate of drug-likeness (QED) is 0.709. The molecule has 1 aromatic carbocycles. The summed E-state index contributed by atoms with van der Waals surface area (Å²) in [5, 5.41) is 3.41. The Balaban J connectivity index is 2.37. The maximum absolute atomic E-state index is 12.2. The summed E-state index contributed by atoms with van der Waals surface area (Å²) in [7, 11) is 0. The molecule has 2 aromatic rings. The van der Waals surface area contributed by atoms with Crippen LogP contribution in [0.15, 0.2) is 36.5 Å². The van der Waals surface area contributed by atoms with E-state index in [-0.39, 0.29) is 0 Å². The van der Waals surface area contributed by atoms with E-state index in [0.29, 0.717) is 5.69 Å². The number of para-hydroxylation sites is 1. The van der Waals surface area contributed by atoms with Crippen molar-refractivity contribution >= 4 is 0 Å². The number of benzene rings is 1. The molecule has 0 bridgehead atoms. The highest BCUT2D eigenvalue weighted by atomic mass is 19.4. The van der Waals surface area contributed by atoms with Crippen molar-refractivity contribution in [1.82, 2.24) is 9.78 Å². The SMILES string of the molecule is FC(F)(F)c1ccn(-c2[c]cccc2)n1. The molecule has 0 saturated heterocycles. The van der Waals surface area contributed by atoms with E-state index in [1.807, 2.05) is 0 Å². The van der Waals surface area contributed by atoms with Gasteiger partial charge in [-0.25, -0.2) is 4.68 Å². The minimum atomic E-state index is -4.40. The van der Waals surface area contributed by atoms with Gasteiger partial charge in [0.2, 0.25) is 0 Å². The van der Waals surface area contributed by atoms with Gasteiger partial charge in [-0.1, -0.05) is 18.2 Å². The van der Waals surface area contributed by atoms with Crippen LogP contribution in [0.4, 0.5) is 13.2 Å². The third kappa shape index (κ3) is 2.01. The number of rotatable bonds is 1. The first-order valence-electron chi connectivity index (χ1n) is 4.17. The highest BCUT2D eigenvalue weighted by molar-refractivity contribution is 5.29. The van der Waals surface area contributed by atoms with Crippen molar-refractivity contribution in [1.29, 1.82) is 0 Å². The Morgan fingerprint density at radius 2 is 2.00 bits per heavy atom. The lowest BCUT2D eigenvalue weighted by Gasteiger charge is -2.01. The van der Waals surface area contributed by atoms with Crippen LogP contribution < -0.4 is 0 Å². The van der Waals surface area contributed by atoms with E-state index in [9.17, 15) is 13.2 Å². The predicted molar refractivity (Wildman–Crippen MR) is 47.4 cm³/mol. The standard InChI is InChI=1S/C10H6F3N2/c11-10(12,13)9-6-7-15(14-9)8-4-2-1-3-5-8/h1-4,6-7H. The zero-order chi connectivity index (χ0) is 10.9. The molecule has 2 rings (SSSR count). The van der Waals surface area contributed by atoms with E-state index in [0.717, 1.165) is 10.7 Å². The second-order valence-electron chi connectivity index (χ2n) is 2.89. The largest absolute Gasteiger partial charge is 0.435 e. The van der Waals surface area contributed by atoms with Gasteiger partial charge in [-0.2, -0.15) is 18.3 Å².